The van der Waals surface area contributed by atoms with Crippen molar-refractivity contribution in [3.8, 4) is 56.2 Å². The van der Waals surface area contributed by atoms with Gasteiger partial charge in [0.2, 0.25) is 0 Å². The molecule has 0 radical (unpaired) electrons. The lowest BCUT2D eigenvalue weighted by Crippen LogP contribution is -1.97. The first-order chi connectivity index (χ1) is 24.8. The quantitative estimate of drug-likeness (QED) is 0.182. The molecule has 0 saturated carbocycles. The van der Waals surface area contributed by atoms with Crippen LogP contribution < -0.4 is 0 Å². The molecule has 0 aliphatic rings. The van der Waals surface area contributed by atoms with Gasteiger partial charge < -0.3 is 0 Å². The second-order valence-electron chi connectivity index (χ2n) is 12.6. The summed E-state index contributed by atoms with van der Waals surface area (Å²) in [7, 11) is 0. The van der Waals surface area contributed by atoms with Gasteiger partial charge in [0.05, 0.1) is 11.4 Å². The van der Waals surface area contributed by atoms with Crippen LogP contribution in [0.15, 0.2) is 170 Å². The normalized spacial score (nSPS) is 11.6. The maximum atomic E-state index is 5.26. The molecule has 0 N–H and O–H groups in total. The molecule has 0 aliphatic carbocycles. The molecule has 0 unspecified atom stereocenters. The van der Waals surface area contributed by atoms with E-state index in [1.807, 2.05) is 34.8 Å². The van der Waals surface area contributed by atoms with E-state index in [1.165, 1.54) is 51.5 Å². The van der Waals surface area contributed by atoms with Crippen molar-refractivity contribution >= 4 is 63.0 Å². The summed E-state index contributed by atoms with van der Waals surface area (Å²) in [6, 6.07) is 60.7. The number of hydrogen-bond donors (Lipinski definition) is 0. The molecule has 0 saturated heterocycles. The maximum absolute atomic E-state index is 5.26. The Bertz CT molecular complexity index is 2680. The summed E-state index contributed by atoms with van der Waals surface area (Å²) in [5, 5.41) is 5.17. The summed E-state index contributed by atoms with van der Waals surface area (Å²) in [6.07, 6.45) is 0. The van der Waals surface area contributed by atoms with Crippen LogP contribution in [0.4, 0.5) is 0 Å². The molecular formula is C46H28N2S2. The molecule has 3 aromatic heterocycles. The second-order valence-corrected chi connectivity index (χ2v) is 14.7. The van der Waals surface area contributed by atoms with E-state index in [0.29, 0.717) is 5.82 Å². The van der Waals surface area contributed by atoms with E-state index in [4.69, 9.17) is 9.97 Å². The van der Waals surface area contributed by atoms with Crippen molar-refractivity contribution in [2.45, 2.75) is 0 Å². The van der Waals surface area contributed by atoms with Gasteiger partial charge in [0, 0.05) is 57.0 Å². The number of nitrogens with zero attached hydrogens (tertiary/aromatic N) is 2. The van der Waals surface area contributed by atoms with Crippen molar-refractivity contribution in [3.63, 3.8) is 0 Å². The Kier molecular flexibility index (Phi) is 6.90. The summed E-state index contributed by atoms with van der Waals surface area (Å²) in [4.78, 5) is 10.5. The van der Waals surface area contributed by atoms with E-state index < -0.39 is 0 Å². The van der Waals surface area contributed by atoms with E-state index in [9.17, 15) is 0 Å². The van der Waals surface area contributed by atoms with Gasteiger partial charge in [-0.15, -0.1) is 22.7 Å². The number of aromatic nitrogens is 2. The Morgan fingerprint density at radius 1 is 0.320 bits per heavy atom. The summed E-state index contributed by atoms with van der Waals surface area (Å²) >= 11 is 3.72. The topological polar surface area (TPSA) is 25.8 Å². The molecule has 50 heavy (non-hydrogen) atoms. The van der Waals surface area contributed by atoms with Gasteiger partial charge in [-0.05, 0) is 58.7 Å². The van der Waals surface area contributed by atoms with Gasteiger partial charge in [-0.25, -0.2) is 9.97 Å². The highest BCUT2D eigenvalue weighted by Gasteiger charge is 2.18. The lowest BCUT2D eigenvalue weighted by atomic mass is 9.94. The first-order valence-electron chi connectivity index (χ1n) is 16.7. The molecule has 234 valence electrons. The minimum atomic E-state index is 0.709. The zero-order valence-corrected chi connectivity index (χ0v) is 28.5. The minimum Gasteiger partial charge on any atom is -0.228 e. The smallest absolute Gasteiger partial charge is 0.160 e. The molecule has 0 amide bonds. The van der Waals surface area contributed by atoms with E-state index in [1.54, 1.807) is 0 Å². The average molecular weight is 673 g/mol. The molecule has 10 aromatic rings. The van der Waals surface area contributed by atoms with Crippen LogP contribution in [0.25, 0.3) is 96.5 Å². The SMILES string of the molecule is c1ccc(-c2cc(-c3ccccc3)nc(-c3cc(-c4cccc5c4sc4ccccc45)cc(-c4cccc5c4sc4ccccc45)c3)n2)cc1. The van der Waals surface area contributed by atoms with Gasteiger partial charge in [-0.2, -0.15) is 0 Å². The van der Waals surface area contributed by atoms with Crippen molar-refractivity contribution in [3.05, 3.63) is 170 Å². The van der Waals surface area contributed by atoms with Crippen LogP contribution in [-0.2, 0) is 0 Å². The standard InChI is InChI=1S/C46H28N2S2/c1-3-13-29(14-4-1)40-28-41(30-15-5-2-6-16-30)48-46(47-40)33-26-31(34-19-11-21-38-36-17-7-9-23-42(36)49-44(34)38)25-32(27-33)35-20-12-22-39-37-18-8-10-24-43(37)50-45(35)39/h1-28H. The molecule has 2 nitrogen and oxygen atoms in total. The summed E-state index contributed by atoms with van der Waals surface area (Å²) < 4.78 is 5.18. The lowest BCUT2D eigenvalue weighted by molar-refractivity contribution is 1.18. The lowest BCUT2D eigenvalue weighted by Gasteiger charge is -2.14. The van der Waals surface area contributed by atoms with Crippen LogP contribution in [0.1, 0.15) is 0 Å². The Hall–Kier alpha value is -5.94. The number of thiophene rings is 2. The van der Waals surface area contributed by atoms with Gasteiger partial charge >= 0.3 is 0 Å². The number of rotatable bonds is 5. The fourth-order valence-electron chi connectivity index (χ4n) is 7.11. The molecule has 0 atom stereocenters. The van der Waals surface area contributed by atoms with Gasteiger partial charge in [-0.1, -0.05) is 133 Å². The highest BCUT2D eigenvalue weighted by Crippen LogP contribution is 2.44. The van der Waals surface area contributed by atoms with Crippen LogP contribution in [0, 0.1) is 0 Å². The monoisotopic (exact) mass is 672 g/mol. The van der Waals surface area contributed by atoms with Crippen LogP contribution in [0.2, 0.25) is 0 Å². The predicted molar refractivity (Wildman–Crippen MR) is 215 cm³/mol. The zero-order valence-electron chi connectivity index (χ0n) is 26.9. The van der Waals surface area contributed by atoms with E-state index in [-0.39, 0.29) is 0 Å². The molecule has 4 heteroatoms. The fraction of sp³-hybridized carbons (Fsp3) is 0. The first-order valence-corrected chi connectivity index (χ1v) is 18.4. The molecule has 7 aromatic carbocycles. The summed E-state index contributed by atoms with van der Waals surface area (Å²) in [5.41, 5.74) is 9.67. The summed E-state index contributed by atoms with van der Waals surface area (Å²) in [6.45, 7) is 0. The molecule has 3 heterocycles. The first kappa shape index (κ1) is 29.0. The number of hydrogen-bond acceptors (Lipinski definition) is 4. The van der Waals surface area contributed by atoms with Crippen molar-refractivity contribution in [2.75, 3.05) is 0 Å². The van der Waals surface area contributed by atoms with Gasteiger partial charge in [-0.3, -0.25) is 0 Å². The molecule has 0 aliphatic heterocycles. The van der Waals surface area contributed by atoms with Crippen molar-refractivity contribution in [1.29, 1.82) is 0 Å². The second kappa shape index (κ2) is 11.9. The van der Waals surface area contributed by atoms with Crippen molar-refractivity contribution in [2.24, 2.45) is 0 Å². The average Bonchev–Trinajstić information content (AvgIpc) is 3.77. The third-order valence-corrected chi connectivity index (χ3v) is 11.9. The minimum absolute atomic E-state index is 0.709. The predicted octanol–water partition coefficient (Wildman–Crippen LogP) is 13.5. The van der Waals surface area contributed by atoms with E-state index in [0.717, 1.165) is 39.2 Å². The number of benzene rings is 7. The Morgan fingerprint density at radius 2 is 0.740 bits per heavy atom. The highest BCUT2D eigenvalue weighted by molar-refractivity contribution is 7.26. The van der Waals surface area contributed by atoms with Crippen LogP contribution >= 0.6 is 22.7 Å². The summed E-state index contributed by atoms with van der Waals surface area (Å²) in [5.74, 6) is 0.709. The Morgan fingerprint density at radius 3 is 1.24 bits per heavy atom. The van der Waals surface area contributed by atoms with Crippen LogP contribution in [0.5, 0.6) is 0 Å². The van der Waals surface area contributed by atoms with Gasteiger partial charge in [0.25, 0.3) is 0 Å². The molecule has 0 fully saturated rings. The van der Waals surface area contributed by atoms with Gasteiger partial charge in [0.1, 0.15) is 0 Å². The fourth-order valence-corrected chi connectivity index (χ4v) is 9.58. The van der Waals surface area contributed by atoms with Crippen molar-refractivity contribution in [1.82, 2.24) is 9.97 Å². The Labute approximate surface area is 297 Å². The molecule has 0 bridgehead atoms. The molecular weight excluding hydrogens is 645 g/mol. The van der Waals surface area contributed by atoms with Crippen molar-refractivity contribution < 1.29 is 0 Å². The molecule has 10 rings (SSSR count). The third-order valence-electron chi connectivity index (χ3n) is 9.49. The van der Waals surface area contributed by atoms with E-state index >= 15 is 0 Å². The number of fused-ring (bicyclic) bond motifs is 6. The van der Waals surface area contributed by atoms with E-state index in [2.05, 4.69) is 158 Å². The molecule has 0 spiro atoms. The third kappa shape index (κ3) is 4.92. The van der Waals surface area contributed by atoms with Crippen LogP contribution in [0.3, 0.4) is 0 Å². The zero-order chi connectivity index (χ0) is 33.0. The largest absolute Gasteiger partial charge is 0.228 e. The Balaban J connectivity index is 1.26. The highest BCUT2D eigenvalue weighted by atomic mass is 32.1. The van der Waals surface area contributed by atoms with Gasteiger partial charge in [0.15, 0.2) is 5.82 Å². The maximum Gasteiger partial charge on any atom is 0.160 e. The van der Waals surface area contributed by atoms with Crippen LogP contribution in [-0.4, -0.2) is 9.97 Å².